The van der Waals surface area contributed by atoms with Crippen molar-refractivity contribution < 1.29 is 0 Å². The second kappa shape index (κ2) is 6.46. The van der Waals surface area contributed by atoms with Gasteiger partial charge in [-0.05, 0) is 53.8 Å². The minimum absolute atomic E-state index is 0.615. The van der Waals surface area contributed by atoms with E-state index in [0.717, 1.165) is 12.6 Å². The lowest BCUT2D eigenvalue weighted by Crippen LogP contribution is -2.41. The Balaban J connectivity index is 2.09. The predicted octanol–water partition coefficient (Wildman–Crippen LogP) is 1.06. The number of likely N-dealkylation sites (N-methyl/N-ethyl adjacent to an activating group) is 1. The highest BCUT2D eigenvalue weighted by Gasteiger charge is 2.17. The molecular weight excluding hydrogens is 186 g/mol. The SMILES string of the molecule is CC(CC1CCCN1)NCC(C)N(C)C. The van der Waals surface area contributed by atoms with E-state index in [-0.39, 0.29) is 0 Å². The molecule has 3 heteroatoms. The Morgan fingerprint density at radius 2 is 2.13 bits per heavy atom. The van der Waals surface area contributed by atoms with Crippen LogP contribution in [0.5, 0.6) is 0 Å². The average molecular weight is 213 g/mol. The summed E-state index contributed by atoms with van der Waals surface area (Å²) in [5.41, 5.74) is 0. The molecule has 0 amide bonds. The van der Waals surface area contributed by atoms with Gasteiger partial charge in [-0.3, -0.25) is 0 Å². The fraction of sp³-hybridized carbons (Fsp3) is 1.00. The molecule has 2 N–H and O–H groups in total. The fourth-order valence-corrected chi connectivity index (χ4v) is 2.02. The van der Waals surface area contributed by atoms with E-state index in [2.05, 4.69) is 43.5 Å². The highest BCUT2D eigenvalue weighted by molar-refractivity contribution is 4.79. The first-order chi connectivity index (χ1) is 7.09. The van der Waals surface area contributed by atoms with Crippen LogP contribution in [0.15, 0.2) is 0 Å². The van der Waals surface area contributed by atoms with Crippen molar-refractivity contribution in [3.63, 3.8) is 0 Å². The van der Waals surface area contributed by atoms with Crippen LogP contribution in [0, 0.1) is 0 Å². The van der Waals surface area contributed by atoms with Crippen LogP contribution >= 0.6 is 0 Å². The maximum atomic E-state index is 3.61. The zero-order chi connectivity index (χ0) is 11.3. The third-order valence-electron chi connectivity index (χ3n) is 3.44. The molecule has 1 aliphatic heterocycles. The smallest absolute Gasteiger partial charge is 0.0186 e. The van der Waals surface area contributed by atoms with Gasteiger partial charge in [-0.1, -0.05) is 0 Å². The van der Waals surface area contributed by atoms with Gasteiger partial charge in [0.2, 0.25) is 0 Å². The molecule has 3 unspecified atom stereocenters. The number of nitrogens with one attached hydrogen (secondary N) is 2. The van der Waals surface area contributed by atoms with Gasteiger partial charge < -0.3 is 15.5 Å². The molecule has 0 aliphatic carbocycles. The van der Waals surface area contributed by atoms with Crippen LogP contribution in [-0.4, -0.2) is 50.2 Å². The van der Waals surface area contributed by atoms with Crippen molar-refractivity contribution in [2.75, 3.05) is 27.2 Å². The fourth-order valence-electron chi connectivity index (χ4n) is 2.02. The van der Waals surface area contributed by atoms with Crippen molar-refractivity contribution in [3.05, 3.63) is 0 Å². The molecule has 3 atom stereocenters. The van der Waals surface area contributed by atoms with Crippen LogP contribution in [-0.2, 0) is 0 Å². The second-order valence-electron chi connectivity index (χ2n) is 5.15. The number of rotatable bonds is 6. The van der Waals surface area contributed by atoms with E-state index >= 15 is 0 Å². The Morgan fingerprint density at radius 1 is 1.40 bits per heavy atom. The molecule has 0 spiro atoms. The minimum atomic E-state index is 0.615. The first-order valence-electron chi connectivity index (χ1n) is 6.22. The summed E-state index contributed by atoms with van der Waals surface area (Å²) in [5, 5.41) is 7.16. The van der Waals surface area contributed by atoms with Gasteiger partial charge >= 0.3 is 0 Å². The lowest BCUT2D eigenvalue weighted by Gasteiger charge is -2.24. The molecule has 0 radical (unpaired) electrons. The van der Waals surface area contributed by atoms with E-state index in [1.165, 1.54) is 25.8 Å². The minimum Gasteiger partial charge on any atom is -0.314 e. The average Bonchev–Trinajstić information content (AvgIpc) is 2.66. The van der Waals surface area contributed by atoms with Crippen molar-refractivity contribution in [2.24, 2.45) is 0 Å². The summed E-state index contributed by atoms with van der Waals surface area (Å²) in [7, 11) is 4.27. The quantitative estimate of drug-likeness (QED) is 0.691. The number of hydrogen-bond acceptors (Lipinski definition) is 3. The molecule has 1 aliphatic rings. The molecule has 3 nitrogen and oxygen atoms in total. The molecule has 15 heavy (non-hydrogen) atoms. The summed E-state index contributed by atoms with van der Waals surface area (Å²) in [6.07, 6.45) is 3.97. The molecule has 90 valence electrons. The van der Waals surface area contributed by atoms with Gasteiger partial charge in [0.25, 0.3) is 0 Å². The van der Waals surface area contributed by atoms with E-state index < -0.39 is 0 Å². The van der Waals surface area contributed by atoms with Gasteiger partial charge in [-0.2, -0.15) is 0 Å². The van der Waals surface area contributed by atoms with Crippen molar-refractivity contribution in [2.45, 2.75) is 51.2 Å². The van der Waals surface area contributed by atoms with Crippen molar-refractivity contribution in [1.82, 2.24) is 15.5 Å². The van der Waals surface area contributed by atoms with Gasteiger partial charge in [0, 0.05) is 24.7 Å². The highest BCUT2D eigenvalue weighted by Crippen LogP contribution is 2.10. The lowest BCUT2D eigenvalue weighted by atomic mass is 10.1. The monoisotopic (exact) mass is 213 g/mol. The van der Waals surface area contributed by atoms with Crippen LogP contribution < -0.4 is 10.6 Å². The van der Waals surface area contributed by atoms with E-state index in [4.69, 9.17) is 0 Å². The van der Waals surface area contributed by atoms with Gasteiger partial charge in [-0.25, -0.2) is 0 Å². The predicted molar refractivity (Wildman–Crippen MR) is 66.3 cm³/mol. The van der Waals surface area contributed by atoms with Gasteiger partial charge in [-0.15, -0.1) is 0 Å². The summed E-state index contributed by atoms with van der Waals surface area (Å²) in [6, 6.07) is 1.99. The van der Waals surface area contributed by atoms with Crippen LogP contribution in [0.4, 0.5) is 0 Å². The van der Waals surface area contributed by atoms with E-state index in [1.807, 2.05) is 0 Å². The van der Waals surface area contributed by atoms with Gasteiger partial charge in [0.15, 0.2) is 0 Å². The summed E-state index contributed by atoms with van der Waals surface area (Å²) in [5.74, 6) is 0. The zero-order valence-electron chi connectivity index (χ0n) is 10.7. The molecule has 0 aromatic rings. The van der Waals surface area contributed by atoms with E-state index in [1.54, 1.807) is 0 Å². The summed E-state index contributed by atoms with van der Waals surface area (Å²) in [4.78, 5) is 2.26. The van der Waals surface area contributed by atoms with Crippen molar-refractivity contribution >= 4 is 0 Å². The largest absolute Gasteiger partial charge is 0.314 e. The standard InChI is InChI=1S/C12H27N3/c1-10(8-12-6-5-7-13-12)14-9-11(2)15(3)4/h10-14H,5-9H2,1-4H3. The Kier molecular flexibility index (Phi) is 5.58. The van der Waals surface area contributed by atoms with Crippen LogP contribution in [0.2, 0.25) is 0 Å². The first kappa shape index (κ1) is 12.9. The first-order valence-corrected chi connectivity index (χ1v) is 6.22. The van der Waals surface area contributed by atoms with Crippen molar-refractivity contribution in [1.29, 1.82) is 0 Å². The molecule has 0 aromatic carbocycles. The topological polar surface area (TPSA) is 27.3 Å². The lowest BCUT2D eigenvalue weighted by molar-refractivity contribution is 0.289. The number of hydrogen-bond donors (Lipinski definition) is 2. The maximum absolute atomic E-state index is 3.61. The Labute approximate surface area is 94.6 Å². The molecular formula is C12H27N3. The zero-order valence-corrected chi connectivity index (χ0v) is 10.7. The molecule has 0 bridgehead atoms. The molecule has 0 saturated carbocycles. The summed E-state index contributed by atoms with van der Waals surface area (Å²) >= 11 is 0. The third-order valence-corrected chi connectivity index (χ3v) is 3.44. The van der Waals surface area contributed by atoms with Crippen LogP contribution in [0.1, 0.15) is 33.1 Å². The second-order valence-corrected chi connectivity index (χ2v) is 5.15. The Hall–Kier alpha value is -0.120. The van der Waals surface area contributed by atoms with Gasteiger partial charge in [0.05, 0.1) is 0 Å². The molecule has 0 aromatic heterocycles. The Morgan fingerprint density at radius 3 is 2.67 bits per heavy atom. The highest BCUT2D eigenvalue weighted by atomic mass is 15.1. The van der Waals surface area contributed by atoms with E-state index in [0.29, 0.717) is 12.1 Å². The van der Waals surface area contributed by atoms with Crippen LogP contribution in [0.25, 0.3) is 0 Å². The molecule has 1 heterocycles. The third kappa shape index (κ3) is 4.96. The van der Waals surface area contributed by atoms with E-state index in [9.17, 15) is 0 Å². The van der Waals surface area contributed by atoms with Crippen molar-refractivity contribution in [3.8, 4) is 0 Å². The maximum Gasteiger partial charge on any atom is 0.0186 e. The molecule has 1 fully saturated rings. The summed E-state index contributed by atoms with van der Waals surface area (Å²) in [6.45, 7) is 6.85. The normalized spacial score (nSPS) is 25.8. The molecule has 1 rings (SSSR count). The summed E-state index contributed by atoms with van der Waals surface area (Å²) < 4.78 is 0. The molecule has 1 saturated heterocycles. The Bertz CT molecular complexity index is 164. The van der Waals surface area contributed by atoms with Crippen LogP contribution in [0.3, 0.4) is 0 Å². The van der Waals surface area contributed by atoms with Gasteiger partial charge in [0.1, 0.15) is 0 Å². The number of nitrogens with zero attached hydrogens (tertiary/aromatic N) is 1.